The lowest BCUT2D eigenvalue weighted by molar-refractivity contribution is 0.0993. The number of methoxy groups -OCH3 is 1. The number of hydrogen-bond donors (Lipinski definition) is 0. The van der Waals surface area contributed by atoms with Gasteiger partial charge in [-0.25, -0.2) is 0 Å². The smallest absolute Gasteiger partial charge is 0.258 e. The van der Waals surface area contributed by atoms with E-state index in [2.05, 4.69) is 32.8 Å². The van der Waals surface area contributed by atoms with Crippen molar-refractivity contribution in [2.24, 2.45) is 0 Å². The van der Waals surface area contributed by atoms with Crippen LogP contribution in [0, 0.1) is 0 Å². The number of ether oxygens (including phenoxy) is 1. The van der Waals surface area contributed by atoms with Crippen LogP contribution in [0.1, 0.15) is 10.4 Å². The van der Waals surface area contributed by atoms with Crippen molar-refractivity contribution in [3.05, 3.63) is 52.5 Å². The molecule has 0 saturated carbocycles. The fourth-order valence-corrected chi connectivity index (χ4v) is 3.35. The summed E-state index contributed by atoms with van der Waals surface area (Å²) in [6.45, 7) is 3.92. The predicted octanol–water partition coefficient (Wildman–Crippen LogP) is 3.49. The van der Waals surface area contributed by atoms with Crippen LogP contribution in [0.5, 0.6) is 5.75 Å². The standard InChI is InChI=1S/C20H24BrN3O2/c1-22-10-12-24(13-11-22)18-14-17(8-9-19(18)26-3)23(2)20(25)15-4-6-16(21)7-5-15/h4-9,14H,10-13H2,1-3H3. The first kappa shape index (κ1) is 18.7. The number of carbonyl (C=O) groups excluding carboxylic acids is 1. The summed E-state index contributed by atoms with van der Waals surface area (Å²) in [7, 11) is 5.63. The molecule has 0 radical (unpaired) electrons. The Labute approximate surface area is 163 Å². The van der Waals surface area contributed by atoms with Gasteiger partial charge in [-0.05, 0) is 49.5 Å². The van der Waals surface area contributed by atoms with Gasteiger partial charge < -0.3 is 19.4 Å². The predicted molar refractivity (Wildman–Crippen MR) is 110 cm³/mol. The first-order valence-electron chi connectivity index (χ1n) is 8.65. The van der Waals surface area contributed by atoms with E-state index in [1.165, 1.54) is 0 Å². The van der Waals surface area contributed by atoms with E-state index >= 15 is 0 Å². The summed E-state index contributed by atoms with van der Waals surface area (Å²) >= 11 is 3.40. The second-order valence-corrected chi connectivity index (χ2v) is 7.43. The van der Waals surface area contributed by atoms with Crippen molar-refractivity contribution < 1.29 is 9.53 Å². The summed E-state index contributed by atoms with van der Waals surface area (Å²) in [5.74, 6) is 0.801. The summed E-state index contributed by atoms with van der Waals surface area (Å²) in [5.41, 5.74) is 2.55. The highest BCUT2D eigenvalue weighted by Gasteiger charge is 2.20. The fourth-order valence-electron chi connectivity index (χ4n) is 3.08. The van der Waals surface area contributed by atoms with Crippen molar-refractivity contribution in [1.82, 2.24) is 4.90 Å². The average molecular weight is 418 g/mol. The molecule has 2 aromatic carbocycles. The summed E-state index contributed by atoms with van der Waals surface area (Å²) < 4.78 is 6.51. The molecule has 0 bridgehead atoms. The summed E-state index contributed by atoms with van der Waals surface area (Å²) in [5, 5.41) is 0. The van der Waals surface area contributed by atoms with E-state index in [9.17, 15) is 4.79 Å². The van der Waals surface area contributed by atoms with E-state index in [-0.39, 0.29) is 5.91 Å². The zero-order valence-corrected chi connectivity index (χ0v) is 17.0. The van der Waals surface area contributed by atoms with E-state index < -0.39 is 0 Å². The van der Waals surface area contributed by atoms with E-state index in [1.54, 1.807) is 19.1 Å². The molecule has 5 nitrogen and oxygen atoms in total. The molecule has 0 spiro atoms. The van der Waals surface area contributed by atoms with Gasteiger partial charge in [0.1, 0.15) is 5.75 Å². The Morgan fingerprint density at radius 2 is 1.73 bits per heavy atom. The molecule has 3 rings (SSSR count). The van der Waals surface area contributed by atoms with Gasteiger partial charge in [-0.1, -0.05) is 15.9 Å². The Balaban J connectivity index is 1.86. The number of nitrogens with zero attached hydrogens (tertiary/aromatic N) is 3. The van der Waals surface area contributed by atoms with Crippen LogP contribution in [0.2, 0.25) is 0 Å². The van der Waals surface area contributed by atoms with Crippen LogP contribution in [0.25, 0.3) is 0 Å². The first-order valence-corrected chi connectivity index (χ1v) is 9.44. The van der Waals surface area contributed by atoms with Crippen molar-refractivity contribution in [2.75, 3.05) is 57.2 Å². The second-order valence-electron chi connectivity index (χ2n) is 6.52. The Morgan fingerprint density at radius 1 is 1.08 bits per heavy atom. The highest BCUT2D eigenvalue weighted by molar-refractivity contribution is 9.10. The van der Waals surface area contributed by atoms with Crippen molar-refractivity contribution in [2.45, 2.75) is 0 Å². The average Bonchev–Trinajstić information content (AvgIpc) is 2.67. The SMILES string of the molecule is COc1ccc(N(C)C(=O)c2ccc(Br)cc2)cc1N1CCN(C)CC1. The van der Waals surface area contributed by atoms with Gasteiger partial charge >= 0.3 is 0 Å². The molecule has 0 aliphatic carbocycles. The number of carbonyl (C=O) groups is 1. The third-order valence-corrected chi connectivity index (χ3v) is 5.32. The molecular weight excluding hydrogens is 394 g/mol. The number of likely N-dealkylation sites (N-methyl/N-ethyl adjacent to an activating group) is 1. The highest BCUT2D eigenvalue weighted by atomic mass is 79.9. The zero-order valence-electron chi connectivity index (χ0n) is 15.4. The van der Waals surface area contributed by atoms with E-state index in [1.807, 2.05) is 42.5 Å². The molecule has 1 aliphatic heterocycles. The molecule has 6 heteroatoms. The highest BCUT2D eigenvalue weighted by Crippen LogP contribution is 2.33. The fraction of sp³-hybridized carbons (Fsp3) is 0.350. The number of hydrogen-bond acceptors (Lipinski definition) is 4. The van der Waals surface area contributed by atoms with Crippen molar-refractivity contribution in [3.63, 3.8) is 0 Å². The Morgan fingerprint density at radius 3 is 2.35 bits per heavy atom. The number of amides is 1. The molecule has 0 unspecified atom stereocenters. The quantitative estimate of drug-likeness (QED) is 0.762. The zero-order chi connectivity index (χ0) is 18.7. The molecule has 1 heterocycles. The molecule has 1 aliphatic rings. The minimum absolute atomic E-state index is 0.0352. The summed E-state index contributed by atoms with van der Waals surface area (Å²) in [6.07, 6.45) is 0. The maximum Gasteiger partial charge on any atom is 0.258 e. The third-order valence-electron chi connectivity index (χ3n) is 4.79. The maximum atomic E-state index is 12.8. The van der Waals surface area contributed by atoms with Gasteiger partial charge in [0.2, 0.25) is 0 Å². The molecule has 0 aromatic heterocycles. The Hall–Kier alpha value is -2.05. The Bertz CT molecular complexity index is 771. The van der Waals surface area contributed by atoms with Gasteiger partial charge in [0, 0.05) is 49.0 Å². The molecule has 1 amide bonds. The number of benzene rings is 2. The van der Waals surface area contributed by atoms with Crippen LogP contribution in [0.3, 0.4) is 0 Å². The number of halogens is 1. The lowest BCUT2D eigenvalue weighted by atomic mass is 10.1. The minimum Gasteiger partial charge on any atom is -0.495 e. The van der Waals surface area contributed by atoms with Crippen LogP contribution < -0.4 is 14.5 Å². The van der Waals surface area contributed by atoms with Gasteiger partial charge in [-0.15, -0.1) is 0 Å². The number of rotatable bonds is 4. The van der Waals surface area contributed by atoms with E-state index in [0.29, 0.717) is 5.56 Å². The van der Waals surface area contributed by atoms with Crippen LogP contribution in [-0.4, -0.2) is 58.2 Å². The van der Waals surface area contributed by atoms with Crippen molar-refractivity contribution >= 4 is 33.2 Å². The van der Waals surface area contributed by atoms with Crippen LogP contribution >= 0.6 is 15.9 Å². The lowest BCUT2D eigenvalue weighted by Crippen LogP contribution is -2.44. The Kier molecular flexibility index (Phi) is 5.84. The van der Waals surface area contributed by atoms with Gasteiger partial charge in [-0.3, -0.25) is 4.79 Å². The number of anilines is 2. The van der Waals surface area contributed by atoms with Crippen LogP contribution in [-0.2, 0) is 0 Å². The third kappa shape index (κ3) is 4.02. The molecule has 138 valence electrons. The summed E-state index contributed by atoms with van der Waals surface area (Å²) in [6, 6.07) is 13.3. The van der Waals surface area contributed by atoms with Crippen LogP contribution in [0.15, 0.2) is 46.9 Å². The van der Waals surface area contributed by atoms with E-state index in [4.69, 9.17) is 4.74 Å². The topological polar surface area (TPSA) is 36.0 Å². The molecule has 2 aromatic rings. The van der Waals surface area contributed by atoms with Crippen molar-refractivity contribution in [1.29, 1.82) is 0 Å². The van der Waals surface area contributed by atoms with Gasteiger partial charge in [-0.2, -0.15) is 0 Å². The van der Waals surface area contributed by atoms with Crippen molar-refractivity contribution in [3.8, 4) is 5.75 Å². The maximum absolute atomic E-state index is 12.8. The van der Waals surface area contributed by atoms with Gasteiger partial charge in [0.15, 0.2) is 0 Å². The molecule has 0 N–H and O–H groups in total. The van der Waals surface area contributed by atoms with Gasteiger partial charge in [0.25, 0.3) is 5.91 Å². The lowest BCUT2D eigenvalue weighted by Gasteiger charge is -2.35. The first-order chi connectivity index (χ1) is 12.5. The van der Waals surface area contributed by atoms with Gasteiger partial charge in [0.05, 0.1) is 12.8 Å². The molecule has 1 saturated heterocycles. The normalized spacial score (nSPS) is 15.0. The molecule has 26 heavy (non-hydrogen) atoms. The monoisotopic (exact) mass is 417 g/mol. The summed E-state index contributed by atoms with van der Waals surface area (Å²) in [4.78, 5) is 19.1. The molecular formula is C20H24BrN3O2. The second kappa shape index (κ2) is 8.10. The minimum atomic E-state index is -0.0352. The van der Waals surface area contributed by atoms with E-state index in [0.717, 1.165) is 47.8 Å². The van der Waals surface area contributed by atoms with Crippen LogP contribution in [0.4, 0.5) is 11.4 Å². The molecule has 0 atom stereocenters. The largest absolute Gasteiger partial charge is 0.495 e. The number of piperazine rings is 1. The molecule has 1 fully saturated rings.